The van der Waals surface area contributed by atoms with Crippen molar-refractivity contribution < 1.29 is 9.90 Å². The van der Waals surface area contributed by atoms with Gasteiger partial charge in [-0.3, -0.25) is 9.48 Å². The third kappa shape index (κ3) is 2.99. The number of nitrogen functional groups attached to an aromatic ring is 1. The number of carbonyl (C=O) groups excluding carboxylic acids is 1. The van der Waals surface area contributed by atoms with Crippen LogP contribution in [0.25, 0.3) is 0 Å². The molecule has 1 heterocycles. The van der Waals surface area contributed by atoms with Crippen LogP contribution < -0.4 is 5.73 Å². The van der Waals surface area contributed by atoms with E-state index >= 15 is 0 Å². The van der Waals surface area contributed by atoms with Crippen molar-refractivity contribution in [3.05, 3.63) is 41.2 Å². The number of aromatic nitrogens is 2. The van der Waals surface area contributed by atoms with Crippen LogP contribution >= 0.6 is 0 Å². The number of hydrogen-bond donors (Lipinski definition) is 2. The van der Waals surface area contributed by atoms with Crippen molar-refractivity contribution >= 4 is 11.6 Å². The van der Waals surface area contributed by atoms with Crippen LogP contribution in [0.15, 0.2) is 24.3 Å². The lowest BCUT2D eigenvalue weighted by atomic mass is 10.2. The highest BCUT2D eigenvalue weighted by Crippen LogP contribution is 2.20. The predicted molar refractivity (Wildman–Crippen MR) is 80.9 cm³/mol. The molecular weight excluding hydrogens is 268 g/mol. The first-order valence-corrected chi connectivity index (χ1v) is 6.78. The lowest BCUT2D eigenvalue weighted by Gasteiger charge is -2.17. The number of nitrogens with two attached hydrogens (primary N) is 1. The summed E-state index contributed by atoms with van der Waals surface area (Å²) in [4.78, 5) is 14.1. The van der Waals surface area contributed by atoms with E-state index in [1.54, 1.807) is 37.2 Å². The number of aryl methyl sites for hydroxylation is 2. The quantitative estimate of drug-likeness (QED) is 0.894. The SMILES string of the molecule is CCc1nn(C)c(C(=O)N(C)Cc2cccc(O)c2)c1N. The Bertz CT molecular complexity index is 664. The fraction of sp³-hybridized carbons (Fsp3) is 0.333. The molecule has 0 aliphatic rings. The Balaban J connectivity index is 2.22. The predicted octanol–water partition coefficient (Wildman–Crippen LogP) is 1.54. The Hall–Kier alpha value is -2.50. The van der Waals surface area contributed by atoms with Gasteiger partial charge >= 0.3 is 0 Å². The Morgan fingerprint density at radius 3 is 2.76 bits per heavy atom. The topological polar surface area (TPSA) is 84.4 Å². The van der Waals surface area contributed by atoms with Gasteiger partial charge in [-0.25, -0.2) is 0 Å². The molecule has 0 saturated carbocycles. The number of rotatable bonds is 4. The summed E-state index contributed by atoms with van der Waals surface area (Å²) in [6, 6.07) is 6.83. The van der Waals surface area contributed by atoms with Crippen LogP contribution in [0.2, 0.25) is 0 Å². The van der Waals surface area contributed by atoms with Crippen LogP contribution in [0.3, 0.4) is 0 Å². The van der Waals surface area contributed by atoms with Crippen LogP contribution in [0.1, 0.15) is 28.7 Å². The normalized spacial score (nSPS) is 10.6. The number of phenolic OH excluding ortho intramolecular Hbond substituents is 1. The minimum atomic E-state index is -0.189. The molecule has 6 nitrogen and oxygen atoms in total. The van der Waals surface area contributed by atoms with E-state index in [1.807, 2.05) is 13.0 Å². The molecule has 0 aliphatic carbocycles. The maximum Gasteiger partial charge on any atom is 0.274 e. The number of benzene rings is 1. The van der Waals surface area contributed by atoms with Gasteiger partial charge in [0.15, 0.2) is 0 Å². The molecule has 2 rings (SSSR count). The fourth-order valence-corrected chi connectivity index (χ4v) is 2.29. The van der Waals surface area contributed by atoms with E-state index < -0.39 is 0 Å². The number of hydrogen-bond acceptors (Lipinski definition) is 4. The largest absolute Gasteiger partial charge is 0.508 e. The molecule has 3 N–H and O–H groups in total. The van der Waals surface area contributed by atoms with Gasteiger partial charge in [-0.15, -0.1) is 0 Å². The van der Waals surface area contributed by atoms with Crippen molar-refractivity contribution in [1.29, 1.82) is 0 Å². The molecule has 1 amide bonds. The van der Waals surface area contributed by atoms with Crippen molar-refractivity contribution in [2.75, 3.05) is 12.8 Å². The third-order valence-electron chi connectivity index (χ3n) is 3.37. The van der Waals surface area contributed by atoms with E-state index in [0.717, 1.165) is 11.3 Å². The van der Waals surface area contributed by atoms with Crippen LogP contribution in [0.4, 0.5) is 5.69 Å². The third-order valence-corrected chi connectivity index (χ3v) is 3.37. The molecule has 112 valence electrons. The summed E-state index contributed by atoms with van der Waals surface area (Å²) in [5.41, 5.74) is 8.41. The molecule has 0 unspecified atom stereocenters. The van der Waals surface area contributed by atoms with Gasteiger partial charge < -0.3 is 15.7 Å². The number of anilines is 1. The average Bonchev–Trinajstić information content (AvgIpc) is 2.72. The van der Waals surface area contributed by atoms with Crippen molar-refractivity contribution in [1.82, 2.24) is 14.7 Å². The molecule has 0 atom stereocenters. The average molecular weight is 288 g/mol. The highest BCUT2D eigenvalue weighted by molar-refractivity contribution is 5.97. The molecule has 0 bridgehead atoms. The Labute approximate surface area is 123 Å². The lowest BCUT2D eigenvalue weighted by Crippen LogP contribution is -2.28. The summed E-state index contributed by atoms with van der Waals surface area (Å²) < 4.78 is 1.52. The molecule has 1 aromatic heterocycles. The zero-order valence-electron chi connectivity index (χ0n) is 12.5. The molecule has 6 heteroatoms. The van der Waals surface area contributed by atoms with Gasteiger partial charge in [-0.05, 0) is 24.1 Å². The van der Waals surface area contributed by atoms with Gasteiger partial charge in [0.1, 0.15) is 11.4 Å². The maximum atomic E-state index is 12.5. The number of amides is 1. The van der Waals surface area contributed by atoms with E-state index in [-0.39, 0.29) is 11.7 Å². The highest BCUT2D eigenvalue weighted by Gasteiger charge is 2.22. The number of phenols is 1. The van der Waals surface area contributed by atoms with Crippen molar-refractivity contribution in [3.63, 3.8) is 0 Å². The number of nitrogens with zero attached hydrogens (tertiary/aromatic N) is 3. The molecule has 0 radical (unpaired) electrons. The molecule has 0 spiro atoms. The second-order valence-electron chi connectivity index (χ2n) is 5.02. The maximum absolute atomic E-state index is 12.5. The first-order chi connectivity index (χ1) is 9.93. The van der Waals surface area contributed by atoms with Crippen molar-refractivity contribution in [2.45, 2.75) is 19.9 Å². The van der Waals surface area contributed by atoms with Crippen LogP contribution in [0.5, 0.6) is 5.75 Å². The molecular formula is C15H20N4O2. The van der Waals surface area contributed by atoms with E-state index in [4.69, 9.17) is 5.73 Å². The van der Waals surface area contributed by atoms with Crippen molar-refractivity contribution in [2.24, 2.45) is 7.05 Å². The zero-order valence-corrected chi connectivity index (χ0v) is 12.5. The first kappa shape index (κ1) is 14.9. The van der Waals surface area contributed by atoms with E-state index in [9.17, 15) is 9.90 Å². The van der Waals surface area contributed by atoms with Gasteiger partial charge in [-0.2, -0.15) is 5.10 Å². The standard InChI is InChI=1S/C15H20N4O2/c1-4-12-13(16)14(19(3)17-12)15(21)18(2)9-10-6-5-7-11(20)8-10/h5-8,20H,4,9,16H2,1-3H3. The zero-order chi connectivity index (χ0) is 15.6. The second kappa shape index (κ2) is 5.87. The van der Waals surface area contributed by atoms with Gasteiger partial charge in [0.25, 0.3) is 5.91 Å². The Morgan fingerprint density at radius 2 is 2.19 bits per heavy atom. The highest BCUT2D eigenvalue weighted by atomic mass is 16.3. The molecule has 0 aliphatic heterocycles. The number of aromatic hydroxyl groups is 1. The van der Waals surface area contributed by atoms with E-state index in [1.165, 1.54) is 4.68 Å². The summed E-state index contributed by atoms with van der Waals surface area (Å²) in [7, 11) is 3.41. The van der Waals surface area contributed by atoms with Gasteiger partial charge in [-0.1, -0.05) is 19.1 Å². The summed E-state index contributed by atoms with van der Waals surface area (Å²) in [5, 5.41) is 13.7. The van der Waals surface area contributed by atoms with Crippen LogP contribution in [-0.4, -0.2) is 32.7 Å². The van der Waals surface area contributed by atoms with E-state index in [0.29, 0.717) is 24.3 Å². The van der Waals surface area contributed by atoms with Gasteiger partial charge in [0.05, 0.1) is 11.4 Å². The molecule has 1 aromatic carbocycles. The monoisotopic (exact) mass is 288 g/mol. The Kier molecular flexibility index (Phi) is 4.16. The minimum absolute atomic E-state index is 0.182. The second-order valence-corrected chi connectivity index (χ2v) is 5.02. The van der Waals surface area contributed by atoms with Crippen LogP contribution in [-0.2, 0) is 20.0 Å². The first-order valence-electron chi connectivity index (χ1n) is 6.78. The molecule has 2 aromatic rings. The summed E-state index contributed by atoms with van der Waals surface area (Å²) in [5.74, 6) is -0.00721. The number of carbonyl (C=O) groups is 1. The van der Waals surface area contributed by atoms with E-state index in [2.05, 4.69) is 5.10 Å². The summed E-state index contributed by atoms with van der Waals surface area (Å²) in [6.45, 7) is 2.34. The summed E-state index contributed by atoms with van der Waals surface area (Å²) >= 11 is 0. The molecule has 0 fully saturated rings. The van der Waals surface area contributed by atoms with Gasteiger partial charge in [0, 0.05) is 20.6 Å². The van der Waals surface area contributed by atoms with Crippen molar-refractivity contribution in [3.8, 4) is 5.75 Å². The molecule has 0 saturated heterocycles. The summed E-state index contributed by atoms with van der Waals surface area (Å²) in [6.07, 6.45) is 0.684. The van der Waals surface area contributed by atoms with Crippen LogP contribution in [0, 0.1) is 0 Å². The molecule has 21 heavy (non-hydrogen) atoms. The smallest absolute Gasteiger partial charge is 0.274 e. The Morgan fingerprint density at radius 1 is 1.48 bits per heavy atom. The minimum Gasteiger partial charge on any atom is -0.508 e. The lowest BCUT2D eigenvalue weighted by molar-refractivity contribution is 0.0775. The fourth-order valence-electron chi connectivity index (χ4n) is 2.29. The van der Waals surface area contributed by atoms with Gasteiger partial charge in [0.2, 0.25) is 0 Å².